The molecule has 0 aliphatic carbocycles. The van der Waals surface area contributed by atoms with Crippen LogP contribution < -0.4 is 0 Å². The summed E-state index contributed by atoms with van der Waals surface area (Å²) in [5, 5.41) is 9.24. The Morgan fingerprint density at radius 1 is 1.17 bits per heavy atom. The molecule has 0 bridgehead atoms. The molecular weight excluding hydrogens is 303 g/mol. The molecule has 0 N–H and O–H groups in total. The zero-order valence-corrected chi connectivity index (χ0v) is 13.0. The highest BCUT2D eigenvalue weighted by Gasteiger charge is 2.22. The van der Waals surface area contributed by atoms with Crippen LogP contribution in [0.3, 0.4) is 0 Å². The predicted molar refractivity (Wildman–Crippen MR) is 88.8 cm³/mol. The Balaban J connectivity index is 2.02. The van der Waals surface area contributed by atoms with Crippen molar-refractivity contribution in [2.75, 3.05) is 0 Å². The van der Waals surface area contributed by atoms with E-state index in [2.05, 4.69) is 16.0 Å². The Kier molecular flexibility index (Phi) is 3.24. The van der Waals surface area contributed by atoms with Gasteiger partial charge in [-0.2, -0.15) is 5.26 Å². The molecule has 2 aromatic carbocycles. The fourth-order valence-corrected chi connectivity index (χ4v) is 2.99. The Hall–Kier alpha value is -3.26. The lowest BCUT2D eigenvalue weighted by atomic mass is 9.98. The summed E-state index contributed by atoms with van der Waals surface area (Å²) in [6, 6.07) is 14.1. The summed E-state index contributed by atoms with van der Waals surface area (Å²) in [5.74, 6) is 0.463. The number of aryl methyl sites for hydroxylation is 1. The minimum atomic E-state index is -0.333. The molecule has 4 rings (SSSR count). The number of rotatable bonds is 1. The van der Waals surface area contributed by atoms with E-state index in [1.54, 1.807) is 30.3 Å². The topological polar surface area (TPSA) is 54.0 Å². The average molecular weight is 316 g/mol. The van der Waals surface area contributed by atoms with Crippen LogP contribution in [0, 0.1) is 24.1 Å². The lowest BCUT2D eigenvalue weighted by molar-refractivity contribution is 0.625. The van der Waals surface area contributed by atoms with Crippen LogP contribution in [-0.2, 0) is 6.54 Å². The van der Waals surface area contributed by atoms with E-state index in [9.17, 15) is 9.65 Å². The summed E-state index contributed by atoms with van der Waals surface area (Å²) < 4.78 is 16.3. The van der Waals surface area contributed by atoms with Crippen molar-refractivity contribution < 1.29 is 4.39 Å². The first-order valence-electron chi connectivity index (χ1n) is 7.56. The number of nitrogens with zero attached hydrogens (tertiary/aromatic N) is 4. The number of aliphatic imine (C=N–C) groups is 1. The summed E-state index contributed by atoms with van der Waals surface area (Å²) in [4.78, 5) is 9.11. The van der Waals surface area contributed by atoms with E-state index >= 15 is 0 Å². The van der Waals surface area contributed by atoms with E-state index < -0.39 is 0 Å². The van der Waals surface area contributed by atoms with Gasteiger partial charge in [0.25, 0.3) is 0 Å². The Morgan fingerprint density at radius 3 is 2.79 bits per heavy atom. The smallest absolute Gasteiger partial charge is 0.135 e. The molecular formula is C19H13FN4. The molecule has 2 heterocycles. The van der Waals surface area contributed by atoms with E-state index in [0.29, 0.717) is 23.4 Å². The molecule has 4 nitrogen and oxygen atoms in total. The van der Waals surface area contributed by atoms with Crippen molar-refractivity contribution in [1.29, 1.82) is 5.26 Å². The van der Waals surface area contributed by atoms with Gasteiger partial charge in [0.05, 0.1) is 35.3 Å². The summed E-state index contributed by atoms with van der Waals surface area (Å²) in [6.45, 7) is 2.28. The number of fused-ring (bicyclic) bond motifs is 3. The molecule has 0 saturated carbocycles. The number of nitriles is 1. The van der Waals surface area contributed by atoms with Gasteiger partial charge in [-0.05, 0) is 37.3 Å². The molecule has 0 fully saturated rings. The second-order valence-corrected chi connectivity index (χ2v) is 5.66. The van der Waals surface area contributed by atoms with Gasteiger partial charge < -0.3 is 4.57 Å². The van der Waals surface area contributed by atoms with Gasteiger partial charge in [0.15, 0.2) is 0 Å². The first kappa shape index (κ1) is 14.3. The van der Waals surface area contributed by atoms with Crippen LogP contribution in [0.2, 0.25) is 0 Å². The van der Waals surface area contributed by atoms with Crippen LogP contribution in [0.4, 0.5) is 4.39 Å². The summed E-state index contributed by atoms with van der Waals surface area (Å²) in [7, 11) is 0. The maximum Gasteiger partial charge on any atom is 0.135 e. The van der Waals surface area contributed by atoms with Crippen LogP contribution in [0.15, 0.2) is 53.7 Å². The van der Waals surface area contributed by atoms with Gasteiger partial charge in [0, 0.05) is 17.3 Å². The van der Waals surface area contributed by atoms with Gasteiger partial charge in [0.2, 0.25) is 0 Å². The van der Waals surface area contributed by atoms with E-state index in [1.165, 1.54) is 6.07 Å². The van der Waals surface area contributed by atoms with Crippen molar-refractivity contribution in [1.82, 2.24) is 9.55 Å². The molecule has 116 valence electrons. The molecule has 0 unspecified atom stereocenters. The van der Waals surface area contributed by atoms with Gasteiger partial charge >= 0.3 is 0 Å². The number of hydrogen-bond donors (Lipinski definition) is 0. The highest BCUT2D eigenvalue weighted by Crippen LogP contribution is 2.27. The number of benzene rings is 2. The van der Waals surface area contributed by atoms with Crippen LogP contribution in [-0.4, -0.2) is 15.3 Å². The first-order valence-corrected chi connectivity index (χ1v) is 7.56. The third-order valence-corrected chi connectivity index (χ3v) is 4.05. The molecule has 0 saturated heterocycles. The van der Waals surface area contributed by atoms with Crippen LogP contribution in [0.25, 0.3) is 5.69 Å². The highest BCUT2D eigenvalue weighted by molar-refractivity contribution is 6.15. The summed E-state index contributed by atoms with van der Waals surface area (Å²) in [6.07, 6.45) is 1.93. The second kappa shape index (κ2) is 5.43. The van der Waals surface area contributed by atoms with Crippen LogP contribution in [0.5, 0.6) is 0 Å². The van der Waals surface area contributed by atoms with Gasteiger partial charge in [-0.15, -0.1) is 0 Å². The van der Waals surface area contributed by atoms with E-state index in [-0.39, 0.29) is 5.82 Å². The second-order valence-electron chi connectivity index (χ2n) is 5.66. The Labute approximate surface area is 138 Å². The molecule has 1 aliphatic rings. The Bertz CT molecular complexity index is 1020. The van der Waals surface area contributed by atoms with Crippen molar-refractivity contribution in [3.63, 3.8) is 0 Å². The van der Waals surface area contributed by atoms with Gasteiger partial charge in [-0.3, -0.25) is 4.99 Å². The standard InChI is InChI=1S/C19H13FN4/c1-12-11-24-17-7-6-13(9-21)8-15(17)19(22-10-18(24)23-12)14-4-2-3-5-16(14)20/h2-8,11H,10H2,1H3. The minimum absolute atomic E-state index is 0.333. The molecule has 0 amide bonds. The number of hydrogen-bond acceptors (Lipinski definition) is 3. The SMILES string of the molecule is Cc1cn2c(n1)CN=C(c1ccccc1F)c1cc(C#N)ccc1-2. The zero-order chi connectivity index (χ0) is 16.7. The minimum Gasteiger partial charge on any atom is -0.301 e. The Morgan fingerprint density at radius 2 is 2.00 bits per heavy atom. The van der Waals surface area contributed by atoms with E-state index in [4.69, 9.17) is 0 Å². The van der Waals surface area contributed by atoms with E-state index in [1.807, 2.05) is 23.8 Å². The van der Waals surface area contributed by atoms with Crippen molar-refractivity contribution >= 4 is 5.71 Å². The fourth-order valence-electron chi connectivity index (χ4n) is 2.99. The molecule has 5 heteroatoms. The van der Waals surface area contributed by atoms with Crippen molar-refractivity contribution in [2.45, 2.75) is 13.5 Å². The van der Waals surface area contributed by atoms with E-state index in [0.717, 1.165) is 22.8 Å². The number of imidazole rings is 1. The molecule has 0 atom stereocenters. The molecule has 24 heavy (non-hydrogen) atoms. The largest absolute Gasteiger partial charge is 0.301 e. The van der Waals surface area contributed by atoms with Crippen LogP contribution >= 0.6 is 0 Å². The zero-order valence-electron chi connectivity index (χ0n) is 13.0. The van der Waals surface area contributed by atoms with Crippen molar-refractivity contribution in [2.24, 2.45) is 4.99 Å². The van der Waals surface area contributed by atoms with Crippen LogP contribution in [0.1, 0.15) is 28.2 Å². The first-order chi connectivity index (χ1) is 11.7. The maximum atomic E-state index is 14.3. The van der Waals surface area contributed by atoms with Crippen molar-refractivity contribution in [3.8, 4) is 11.8 Å². The third kappa shape index (κ3) is 2.20. The molecule has 1 aromatic heterocycles. The average Bonchev–Trinajstić information content (AvgIpc) is 2.90. The van der Waals surface area contributed by atoms with Gasteiger partial charge in [0.1, 0.15) is 11.6 Å². The summed E-state index contributed by atoms with van der Waals surface area (Å²) >= 11 is 0. The number of aromatic nitrogens is 2. The lowest BCUT2D eigenvalue weighted by Crippen LogP contribution is -2.09. The van der Waals surface area contributed by atoms with Gasteiger partial charge in [-0.1, -0.05) is 12.1 Å². The fraction of sp³-hybridized carbons (Fsp3) is 0.105. The quantitative estimate of drug-likeness (QED) is 0.689. The molecule has 3 aromatic rings. The normalized spacial score (nSPS) is 12.6. The number of halogens is 1. The predicted octanol–water partition coefficient (Wildman–Crippen LogP) is 3.54. The monoisotopic (exact) mass is 316 g/mol. The highest BCUT2D eigenvalue weighted by atomic mass is 19.1. The maximum absolute atomic E-state index is 14.3. The third-order valence-electron chi connectivity index (χ3n) is 4.05. The lowest BCUT2D eigenvalue weighted by Gasteiger charge is -2.12. The van der Waals surface area contributed by atoms with Crippen molar-refractivity contribution in [3.05, 3.63) is 82.7 Å². The molecule has 0 radical (unpaired) electrons. The molecule has 0 spiro atoms. The van der Waals surface area contributed by atoms with Gasteiger partial charge in [-0.25, -0.2) is 9.37 Å². The summed E-state index contributed by atoms with van der Waals surface area (Å²) in [5.41, 5.74) is 3.96. The molecule has 1 aliphatic heterocycles.